The molecule has 0 unspecified atom stereocenters. The Balaban J connectivity index is 2.05. The Hall–Kier alpha value is -1.28. The zero-order chi connectivity index (χ0) is 13.1. The molecule has 0 spiro atoms. The van der Waals surface area contributed by atoms with Crippen molar-refractivity contribution in [3.05, 3.63) is 41.0 Å². The van der Waals surface area contributed by atoms with Crippen LogP contribution in [-0.4, -0.2) is 31.6 Å². The van der Waals surface area contributed by atoms with Crippen molar-refractivity contribution in [3.8, 4) is 5.75 Å². The lowest BCUT2D eigenvalue weighted by molar-refractivity contribution is 0.241. The first-order valence-electron chi connectivity index (χ1n) is 6.58. The first-order valence-corrected chi connectivity index (χ1v) is 6.58. The molecule has 1 atom stereocenters. The number of hydrogen-bond acceptors (Lipinski definition) is 2. The molecule has 0 N–H and O–H groups in total. The topological polar surface area (TPSA) is 12.5 Å². The highest BCUT2D eigenvalue weighted by Crippen LogP contribution is 2.24. The van der Waals surface area contributed by atoms with Crippen LogP contribution >= 0.6 is 0 Å². The first kappa shape index (κ1) is 13.2. The minimum Gasteiger partial charge on any atom is -0.497 e. The molecular weight excluding hydrogens is 222 g/mol. The highest BCUT2D eigenvalue weighted by molar-refractivity contribution is 5.28. The Morgan fingerprint density at radius 2 is 1.83 bits per heavy atom. The van der Waals surface area contributed by atoms with E-state index in [2.05, 4.69) is 37.9 Å². The molecule has 0 amide bonds. The van der Waals surface area contributed by atoms with E-state index in [9.17, 15) is 0 Å². The Bertz CT molecular complexity index is 433. The number of hydrogen-bond donors (Lipinski definition) is 0. The molecule has 1 aliphatic rings. The first-order chi connectivity index (χ1) is 8.60. The number of benzene rings is 1. The van der Waals surface area contributed by atoms with Gasteiger partial charge in [-0.15, -0.1) is 0 Å². The van der Waals surface area contributed by atoms with Crippen LogP contribution in [0.25, 0.3) is 0 Å². The van der Waals surface area contributed by atoms with Crippen molar-refractivity contribution in [2.24, 2.45) is 0 Å². The second-order valence-electron chi connectivity index (χ2n) is 5.39. The van der Waals surface area contributed by atoms with Crippen LogP contribution in [0.15, 0.2) is 35.4 Å². The maximum absolute atomic E-state index is 5.19. The smallest absolute Gasteiger partial charge is 0.118 e. The van der Waals surface area contributed by atoms with Crippen molar-refractivity contribution >= 4 is 0 Å². The van der Waals surface area contributed by atoms with Crippen molar-refractivity contribution in [1.29, 1.82) is 0 Å². The average Bonchev–Trinajstić information content (AvgIpc) is 2.37. The summed E-state index contributed by atoms with van der Waals surface area (Å²) in [7, 11) is 3.94. The van der Waals surface area contributed by atoms with E-state index < -0.39 is 0 Å². The van der Waals surface area contributed by atoms with E-state index in [-0.39, 0.29) is 0 Å². The molecule has 98 valence electrons. The van der Waals surface area contributed by atoms with Crippen LogP contribution in [-0.2, 0) is 6.42 Å². The maximum Gasteiger partial charge on any atom is 0.118 e. The SMILES string of the molecule is COc1ccc(C[C@@H]2CC(C)=C(C)CN2C)cc1. The van der Waals surface area contributed by atoms with Gasteiger partial charge in [-0.1, -0.05) is 23.3 Å². The quantitative estimate of drug-likeness (QED) is 0.758. The monoisotopic (exact) mass is 245 g/mol. The predicted molar refractivity (Wildman–Crippen MR) is 76.1 cm³/mol. The van der Waals surface area contributed by atoms with Gasteiger partial charge in [-0.2, -0.15) is 0 Å². The fourth-order valence-corrected chi connectivity index (χ4v) is 2.58. The third-order valence-corrected chi connectivity index (χ3v) is 4.01. The summed E-state index contributed by atoms with van der Waals surface area (Å²) in [5.41, 5.74) is 4.48. The second kappa shape index (κ2) is 5.57. The van der Waals surface area contributed by atoms with Crippen LogP contribution < -0.4 is 4.74 Å². The molecule has 1 aromatic carbocycles. The summed E-state index contributed by atoms with van der Waals surface area (Å²) in [6.07, 6.45) is 2.31. The summed E-state index contributed by atoms with van der Waals surface area (Å²) in [6.45, 7) is 5.62. The Morgan fingerprint density at radius 3 is 2.44 bits per heavy atom. The molecule has 2 rings (SSSR count). The maximum atomic E-state index is 5.19. The number of rotatable bonds is 3. The summed E-state index contributed by atoms with van der Waals surface area (Å²) in [6, 6.07) is 9.07. The normalized spacial score (nSPS) is 21.2. The summed E-state index contributed by atoms with van der Waals surface area (Å²) < 4.78 is 5.19. The van der Waals surface area contributed by atoms with Crippen LogP contribution in [0.5, 0.6) is 5.75 Å². The Labute approximate surface area is 110 Å². The fraction of sp³-hybridized carbons (Fsp3) is 0.500. The predicted octanol–water partition coefficient (Wildman–Crippen LogP) is 3.28. The van der Waals surface area contributed by atoms with Gasteiger partial charge in [0.2, 0.25) is 0 Å². The van der Waals surface area contributed by atoms with E-state index in [1.165, 1.54) is 17.6 Å². The van der Waals surface area contributed by atoms with Crippen LogP contribution in [0.1, 0.15) is 25.8 Å². The Kier molecular flexibility index (Phi) is 4.07. The Morgan fingerprint density at radius 1 is 1.17 bits per heavy atom. The molecule has 0 saturated carbocycles. The van der Waals surface area contributed by atoms with E-state index in [1.807, 2.05) is 12.1 Å². The van der Waals surface area contributed by atoms with Gasteiger partial charge in [-0.05, 0) is 51.4 Å². The zero-order valence-electron chi connectivity index (χ0n) is 11.9. The molecular formula is C16H23NO. The van der Waals surface area contributed by atoms with Gasteiger partial charge in [0.15, 0.2) is 0 Å². The molecule has 0 bridgehead atoms. The standard InChI is InChI=1S/C16H23NO/c1-12-9-15(17(3)11-13(12)2)10-14-5-7-16(18-4)8-6-14/h5-8,15H,9-11H2,1-4H3/t15-/m0/s1. The molecule has 1 aliphatic heterocycles. The lowest BCUT2D eigenvalue weighted by atomic mass is 9.92. The minimum atomic E-state index is 0.627. The van der Waals surface area contributed by atoms with Gasteiger partial charge in [0.25, 0.3) is 0 Å². The number of nitrogens with zero attached hydrogens (tertiary/aromatic N) is 1. The molecule has 0 saturated heterocycles. The lowest BCUT2D eigenvalue weighted by Crippen LogP contribution is -2.38. The summed E-state index contributed by atoms with van der Waals surface area (Å²) in [4.78, 5) is 2.46. The minimum absolute atomic E-state index is 0.627. The number of likely N-dealkylation sites (N-methyl/N-ethyl adjacent to an activating group) is 1. The van der Waals surface area contributed by atoms with E-state index >= 15 is 0 Å². The van der Waals surface area contributed by atoms with Gasteiger partial charge in [0.1, 0.15) is 5.75 Å². The van der Waals surface area contributed by atoms with E-state index in [0.29, 0.717) is 6.04 Å². The molecule has 0 aromatic heterocycles. The zero-order valence-corrected chi connectivity index (χ0v) is 11.9. The van der Waals surface area contributed by atoms with Gasteiger partial charge in [0, 0.05) is 12.6 Å². The van der Waals surface area contributed by atoms with Crippen molar-refractivity contribution in [2.45, 2.75) is 32.7 Å². The molecule has 18 heavy (non-hydrogen) atoms. The molecule has 0 radical (unpaired) electrons. The summed E-state index contributed by atoms with van der Waals surface area (Å²) in [5, 5.41) is 0. The summed E-state index contributed by atoms with van der Waals surface area (Å²) in [5.74, 6) is 0.933. The fourth-order valence-electron chi connectivity index (χ4n) is 2.58. The molecule has 0 aliphatic carbocycles. The van der Waals surface area contributed by atoms with Crippen molar-refractivity contribution in [2.75, 3.05) is 20.7 Å². The molecule has 2 nitrogen and oxygen atoms in total. The average molecular weight is 245 g/mol. The second-order valence-corrected chi connectivity index (χ2v) is 5.39. The van der Waals surface area contributed by atoms with Crippen LogP contribution in [0.3, 0.4) is 0 Å². The molecule has 1 heterocycles. The van der Waals surface area contributed by atoms with E-state index in [1.54, 1.807) is 12.7 Å². The molecule has 1 aromatic rings. The van der Waals surface area contributed by atoms with E-state index in [4.69, 9.17) is 4.74 Å². The number of ether oxygens (including phenoxy) is 1. The van der Waals surface area contributed by atoms with Crippen molar-refractivity contribution in [3.63, 3.8) is 0 Å². The highest BCUT2D eigenvalue weighted by atomic mass is 16.5. The van der Waals surface area contributed by atoms with Gasteiger partial charge < -0.3 is 4.74 Å². The molecule has 2 heteroatoms. The van der Waals surface area contributed by atoms with E-state index in [0.717, 1.165) is 18.7 Å². The number of methoxy groups -OCH3 is 1. The third kappa shape index (κ3) is 2.94. The van der Waals surface area contributed by atoms with Gasteiger partial charge in [0.05, 0.1) is 7.11 Å². The molecule has 0 fully saturated rings. The van der Waals surface area contributed by atoms with Gasteiger partial charge in [-0.3, -0.25) is 4.90 Å². The van der Waals surface area contributed by atoms with Crippen LogP contribution in [0.2, 0.25) is 0 Å². The third-order valence-electron chi connectivity index (χ3n) is 4.01. The largest absolute Gasteiger partial charge is 0.497 e. The highest BCUT2D eigenvalue weighted by Gasteiger charge is 2.21. The van der Waals surface area contributed by atoms with Crippen molar-refractivity contribution in [1.82, 2.24) is 4.90 Å². The van der Waals surface area contributed by atoms with Crippen LogP contribution in [0, 0.1) is 0 Å². The van der Waals surface area contributed by atoms with Gasteiger partial charge in [-0.25, -0.2) is 0 Å². The summed E-state index contributed by atoms with van der Waals surface area (Å²) >= 11 is 0. The van der Waals surface area contributed by atoms with Crippen molar-refractivity contribution < 1.29 is 4.74 Å². The lowest BCUT2D eigenvalue weighted by Gasteiger charge is -2.34. The van der Waals surface area contributed by atoms with Gasteiger partial charge >= 0.3 is 0 Å². The van der Waals surface area contributed by atoms with Crippen LogP contribution in [0.4, 0.5) is 0 Å².